The van der Waals surface area contributed by atoms with Crippen LogP contribution in [0.2, 0.25) is 10.0 Å². The van der Waals surface area contributed by atoms with E-state index < -0.39 is 0 Å². The van der Waals surface area contributed by atoms with Crippen LogP contribution in [0.3, 0.4) is 0 Å². The van der Waals surface area contributed by atoms with Crippen LogP contribution in [-0.4, -0.2) is 36.8 Å². The predicted octanol–water partition coefficient (Wildman–Crippen LogP) is 5.58. The molecular weight excluding hydrogens is 419 g/mol. The number of nitrogens with two attached hydrogens (primary N) is 1. The minimum Gasteiger partial charge on any atom is -0.384 e. The lowest BCUT2D eigenvalue weighted by Gasteiger charge is -2.27. The average molecular weight is 449 g/mol. The molecule has 2 heterocycles. The largest absolute Gasteiger partial charge is 0.384 e. The van der Waals surface area contributed by atoms with Crippen LogP contribution >= 0.6 is 23.2 Å². The zero-order chi connectivity index (χ0) is 20.9. The van der Waals surface area contributed by atoms with Gasteiger partial charge in [0.1, 0.15) is 5.82 Å². The third kappa shape index (κ3) is 5.58. The van der Waals surface area contributed by atoms with Crippen molar-refractivity contribution in [1.29, 1.82) is 0 Å². The molecule has 30 heavy (non-hydrogen) atoms. The lowest BCUT2D eigenvalue weighted by molar-refractivity contribution is 0.0699. The highest BCUT2D eigenvalue weighted by Gasteiger charge is 2.19. The van der Waals surface area contributed by atoms with E-state index in [-0.39, 0.29) is 0 Å². The van der Waals surface area contributed by atoms with Crippen LogP contribution in [0.5, 0.6) is 0 Å². The smallest absolute Gasteiger partial charge is 0.126 e. The number of halogens is 2. The second kappa shape index (κ2) is 10.2. The zero-order valence-electron chi connectivity index (χ0n) is 17.2. The van der Waals surface area contributed by atoms with Crippen molar-refractivity contribution in [1.82, 2.24) is 4.98 Å². The summed E-state index contributed by atoms with van der Waals surface area (Å²) in [6, 6.07) is 8.78. The van der Waals surface area contributed by atoms with Gasteiger partial charge < -0.3 is 21.1 Å². The Labute approximate surface area is 188 Å². The van der Waals surface area contributed by atoms with Gasteiger partial charge in [0.05, 0.1) is 15.7 Å². The number of aromatic nitrogens is 1. The summed E-state index contributed by atoms with van der Waals surface area (Å²) in [6.07, 6.45) is 8.14. The maximum Gasteiger partial charge on any atom is 0.126 e. The number of pyridine rings is 1. The summed E-state index contributed by atoms with van der Waals surface area (Å²) in [5, 5.41) is 8.42. The third-order valence-corrected chi connectivity index (χ3v) is 6.81. The van der Waals surface area contributed by atoms with E-state index in [0.717, 1.165) is 80.9 Å². The normalized spacial score (nSPS) is 22.6. The van der Waals surface area contributed by atoms with Crippen molar-refractivity contribution in [2.75, 3.05) is 30.4 Å². The number of nitrogens with one attached hydrogen (secondary N) is 2. The SMILES string of the molecule is N[C@H]1CC[C@H](Nc2cc(-c3ccc(Cl)c(NCC4CCOCC4)c3)c(Cl)cn2)CC1. The van der Waals surface area contributed by atoms with Gasteiger partial charge in [-0.25, -0.2) is 4.98 Å². The molecule has 1 aliphatic carbocycles. The number of ether oxygens (including phenoxy) is 1. The van der Waals surface area contributed by atoms with E-state index in [2.05, 4.69) is 21.7 Å². The Morgan fingerprint density at radius 1 is 1.00 bits per heavy atom. The molecule has 2 aliphatic rings. The Morgan fingerprint density at radius 3 is 2.53 bits per heavy atom. The van der Waals surface area contributed by atoms with E-state index in [9.17, 15) is 0 Å². The molecule has 0 amide bonds. The van der Waals surface area contributed by atoms with E-state index in [0.29, 0.717) is 28.0 Å². The summed E-state index contributed by atoms with van der Waals surface area (Å²) < 4.78 is 5.45. The average Bonchev–Trinajstić information content (AvgIpc) is 2.77. The van der Waals surface area contributed by atoms with E-state index >= 15 is 0 Å². The van der Waals surface area contributed by atoms with Gasteiger partial charge in [-0.05, 0) is 68.2 Å². The maximum absolute atomic E-state index is 6.51. The minimum absolute atomic E-state index is 0.331. The van der Waals surface area contributed by atoms with Gasteiger partial charge in [0, 0.05) is 43.6 Å². The van der Waals surface area contributed by atoms with Gasteiger partial charge in [-0.2, -0.15) is 0 Å². The Bertz CT molecular complexity index is 849. The molecule has 5 nitrogen and oxygen atoms in total. The van der Waals surface area contributed by atoms with E-state index in [4.69, 9.17) is 33.7 Å². The van der Waals surface area contributed by atoms with E-state index in [1.807, 2.05) is 18.2 Å². The van der Waals surface area contributed by atoms with Crippen molar-refractivity contribution in [3.05, 3.63) is 40.5 Å². The van der Waals surface area contributed by atoms with Crippen LogP contribution in [0.4, 0.5) is 11.5 Å². The topological polar surface area (TPSA) is 72.2 Å². The number of anilines is 2. The quantitative estimate of drug-likeness (QED) is 0.537. The lowest BCUT2D eigenvalue weighted by Crippen LogP contribution is -2.33. The van der Waals surface area contributed by atoms with Crippen LogP contribution in [-0.2, 0) is 4.74 Å². The van der Waals surface area contributed by atoms with Gasteiger partial charge in [0.15, 0.2) is 0 Å². The van der Waals surface area contributed by atoms with Crippen LogP contribution < -0.4 is 16.4 Å². The molecule has 162 valence electrons. The molecule has 4 N–H and O–H groups in total. The molecule has 1 aromatic heterocycles. The third-order valence-electron chi connectivity index (χ3n) is 6.18. The van der Waals surface area contributed by atoms with Crippen LogP contribution in [0, 0.1) is 5.92 Å². The summed E-state index contributed by atoms with van der Waals surface area (Å²) in [5.41, 5.74) is 8.93. The monoisotopic (exact) mass is 448 g/mol. The molecular formula is C23H30Cl2N4O. The van der Waals surface area contributed by atoms with Crippen molar-refractivity contribution in [2.24, 2.45) is 11.7 Å². The summed E-state index contributed by atoms with van der Waals surface area (Å²) in [7, 11) is 0. The van der Waals surface area contributed by atoms with Gasteiger partial charge in [-0.3, -0.25) is 0 Å². The first kappa shape index (κ1) is 21.7. The molecule has 4 rings (SSSR count). The van der Waals surface area contributed by atoms with Crippen LogP contribution in [0.1, 0.15) is 38.5 Å². The molecule has 1 saturated heterocycles. The first-order valence-electron chi connectivity index (χ1n) is 10.9. The molecule has 0 unspecified atom stereocenters. The Morgan fingerprint density at radius 2 is 1.77 bits per heavy atom. The van der Waals surface area contributed by atoms with E-state index in [1.165, 1.54) is 0 Å². The van der Waals surface area contributed by atoms with Crippen LogP contribution in [0.25, 0.3) is 11.1 Å². The number of nitrogens with zero attached hydrogens (tertiary/aromatic N) is 1. The summed E-state index contributed by atoms with van der Waals surface area (Å²) >= 11 is 13.0. The van der Waals surface area contributed by atoms with Crippen molar-refractivity contribution in [3.63, 3.8) is 0 Å². The van der Waals surface area contributed by atoms with Gasteiger partial charge in [0.25, 0.3) is 0 Å². The summed E-state index contributed by atoms with van der Waals surface area (Å²) in [4.78, 5) is 4.49. The highest BCUT2D eigenvalue weighted by atomic mass is 35.5. The van der Waals surface area contributed by atoms with Gasteiger partial charge in [0.2, 0.25) is 0 Å². The second-order valence-electron chi connectivity index (χ2n) is 8.44. The van der Waals surface area contributed by atoms with Crippen LogP contribution in [0.15, 0.2) is 30.5 Å². The number of benzene rings is 1. The molecule has 0 bridgehead atoms. The first-order valence-corrected chi connectivity index (χ1v) is 11.6. The highest BCUT2D eigenvalue weighted by molar-refractivity contribution is 6.34. The fraction of sp³-hybridized carbons (Fsp3) is 0.522. The molecule has 1 aromatic carbocycles. The number of rotatable bonds is 6. The zero-order valence-corrected chi connectivity index (χ0v) is 18.7. The Hall–Kier alpha value is -1.53. The molecule has 1 aliphatic heterocycles. The number of hydrogen-bond donors (Lipinski definition) is 3. The van der Waals surface area contributed by atoms with Crippen molar-refractivity contribution in [2.45, 2.75) is 50.6 Å². The number of hydrogen-bond acceptors (Lipinski definition) is 5. The first-order chi connectivity index (χ1) is 14.6. The predicted molar refractivity (Wildman–Crippen MR) is 126 cm³/mol. The van der Waals surface area contributed by atoms with Gasteiger partial charge in [-0.15, -0.1) is 0 Å². The fourth-order valence-electron chi connectivity index (χ4n) is 4.24. The van der Waals surface area contributed by atoms with Crippen molar-refractivity contribution >= 4 is 34.7 Å². The fourth-order valence-corrected chi connectivity index (χ4v) is 4.64. The lowest BCUT2D eigenvalue weighted by atomic mass is 9.92. The van der Waals surface area contributed by atoms with E-state index in [1.54, 1.807) is 6.20 Å². The molecule has 7 heteroatoms. The molecule has 2 aromatic rings. The Balaban J connectivity index is 1.48. The highest BCUT2D eigenvalue weighted by Crippen LogP contribution is 2.34. The summed E-state index contributed by atoms with van der Waals surface area (Å²) in [5.74, 6) is 1.46. The second-order valence-corrected chi connectivity index (χ2v) is 9.25. The Kier molecular flexibility index (Phi) is 7.37. The molecule has 2 fully saturated rings. The summed E-state index contributed by atoms with van der Waals surface area (Å²) in [6.45, 7) is 2.58. The molecule has 0 atom stereocenters. The van der Waals surface area contributed by atoms with Gasteiger partial charge >= 0.3 is 0 Å². The van der Waals surface area contributed by atoms with Crippen molar-refractivity contribution < 1.29 is 4.74 Å². The van der Waals surface area contributed by atoms with Crippen molar-refractivity contribution in [3.8, 4) is 11.1 Å². The molecule has 0 spiro atoms. The maximum atomic E-state index is 6.51. The molecule has 0 radical (unpaired) electrons. The minimum atomic E-state index is 0.331. The molecule has 1 saturated carbocycles. The van der Waals surface area contributed by atoms with Gasteiger partial charge in [-0.1, -0.05) is 29.3 Å². The standard InChI is InChI=1S/C23H30Cl2N4O/c24-20-6-1-16(11-22(20)27-13-15-7-9-30-10-8-15)19-12-23(28-14-21(19)25)29-18-4-2-17(26)3-5-18/h1,6,11-12,14-15,17-18,27H,2-5,7-10,13,26H2,(H,28,29)/t17-,18-.